The first-order chi connectivity index (χ1) is 50.5. The van der Waals surface area contributed by atoms with Gasteiger partial charge in [-0.15, -0.1) is 0 Å². The normalized spacial score (nSPS) is 13.6. The summed E-state index contributed by atoms with van der Waals surface area (Å²) in [6, 6.07) is 65.3. The summed E-state index contributed by atoms with van der Waals surface area (Å²) in [5.74, 6) is -44.5. The minimum atomic E-state index is -7.43. The monoisotopic (exact) mass is 1840 g/mol. The molecule has 112 heavy (non-hydrogen) atoms. The molecule has 0 N–H and O–H groups in total. The first kappa shape index (κ1) is 95.6. The molecular weight excluding hydrogens is 1780 g/mol. The average Bonchev–Trinajstić information content (AvgIpc) is 0.732. The summed E-state index contributed by atoms with van der Waals surface area (Å²) in [4.78, 5) is 8.40. The fraction of sp³-hybridized carbons (Fsp3) is 0.314. The zero-order valence-corrected chi connectivity index (χ0v) is 64.1. The van der Waals surface area contributed by atoms with Gasteiger partial charge in [0.2, 0.25) is 0 Å². The van der Waals surface area contributed by atoms with Crippen LogP contribution in [0, 0.1) is 62.5 Å². The second-order valence-electron chi connectivity index (χ2n) is 24.5. The minimum absolute atomic E-state index is 0.158. The third-order valence-corrected chi connectivity index (χ3v) is 26.1. The van der Waals surface area contributed by atoms with Gasteiger partial charge in [-0.05, 0) is 163 Å². The molecule has 0 saturated carbocycles. The fourth-order valence-corrected chi connectivity index (χ4v) is 18.0. The first-order valence-electron chi connectivity index (χ1n) is 30.7. The van der Waals surface area contributed by atoms with Gasteiger partial charge in [-0.3, -0.25) is 0 Å². The van der Waals surface area contributed by atoms with E-state index in [0.717, 1.165) is 12.8 Å². The van der Waals surface area contributed by atoms with Crippen LogP contribution in [0.25, 0.3) is 0 Å². The summed E-state index contributed by atoms with van der Waals surface area (Å²) in [6.45, 7) is 17.8. The maximum Gasteiger partial charge on any atom is 0.460 e. The Morgan fingerprint density at radius 1 is 0.268 bits per heavy atom. The molecule has 0 aliphatic carbocycles. The third kappa shape index (κ3) is 20.4. The summed E-state index contributed by atoms with van der Waals surface area (Å²) >= 11 is -0.250. The lowest BCUT2D eigenvalue weighted by Crippen LogP contribution is -3.61. The molecule has 0 amide bonds. The molecule has 0 unspecified atom stereocenters. The van der Waals surface area contributed by atoms with Crippen molar-refractivity contribution >= 4 is 52.1 Å². The number of hydrogen-bond donors (Lipinski definition) is 0. The molecule has 616 valence electrons. The van der Waals surface area contributed by atoms with Crippen molar-refractivity contribution in [3.8, 4) is 0 Å². The van der Waals surface area contributed by atoms with E-state index >= 15 is 0 Å². The van der Waals surface area contributed by atoms with E-state index in [2.05, 4.69) is 225 Å². The topological polar surface area (TPSA) is 172 Å². The minimum Gasteiger partial charge on any atom is -0.743 e. The maximum atomic E-state index is 12.2. The quantitative estimate of drug-likeness (QED) is 0.0294. The lowest BCUT2D eigenvalue weighted by atomic mass is 10.1. The van der Waals surface area contributed by atoms with Gasteiger partial charge in [0.15, 0.2) is 66.9 Å². The smallest absolute Gasteiger partial charge is 0.460 e. The molecule has 0 fully saturated rings. The lowest BCUT2D eigenvalue weighted by molar-refractivity contribution is -0.597. The van der Waals surface area contributed by atoms with Crippen LogP contribution in [0.1, 0.15) is 66.8 Å². The van der Waals surface area contributed by atoms with Crippen LogP contribution in [0.15, 0.2) is 199 Å². The second-order valence-corrected chi connectivity index (χ2v) is 35.7. The van der Waals surface area contributed by atoms with Gasteiger partial charge in [-0.25, -0.2) is 25.3 Å². The Morgan fingerprint density at radius 2 is 0.446 bits per heavy atom. The van der Waals surface area contributed by atoms with E-state index < -0.39 is 100 Å². The Hall–Kier alpha value is -6.97. The third-order valence-electron chi connectivity index (χ3n) is 15.7. The zero-order chi connectivity index (χ0) is 86.1. The maximum absolute atomic E-state index is 12.2. The van der Waals surface area contributed by atoms with Crippen molar-refractivity contribution in [2.75, 3.05) is 0 Å². The highest BCUT2D eigenvalue weighted by Crippen LogP contribution is 2.57. The van der Waals surface area contributed by atoms with E-state index in [9.17, 15) is 157 Å². The number of benzene rings is 8. The predicted octanol–water partition coefficient (Wildman–Crippen LogP) is 17.5. The Morgan fingerprint density at radius 3 is 0.607 bits per heavy atom. The first-order valence-corrected chi connectivity index (χ1v) is 39.6. The van der Waals surface area contributed by atoms with Gasteiger partial charge in [0, 0.05) is 22.3 Å². The number of halogens is 28. The highest BCUT2D eigenvalue weighted by atomic mass is 127. The standard InChI is InChI=1S/C58H56IS2.3C4HF9O3S/c1-39-9-29-55(43(5)33-39)60(56-30-10-40(2)34-44(56)6)53-25-17-49(18-26-53)37-47-13-21-51(22-14-47)59-52-23-15-48(16-24-52)38-50-19-27-54(28-20-50)61(57-31-11-41(3)35-45(57)7)58-32-12-42(4)36-46(58)8;3*5-1(6,3(9,10)11)2(7,8)4(12,13)17(14,15)16/h9-36H,37-38H2,1-8H3;3*(H,14,15,16)/q+3;;;/p-3. The zero-order valence-electron chi connectivity index (χ0n) is 57.9. The van der Waals surface area contributed by atoms with Crippen molar-refractivity contribution in [3.63, 3.8) is 0 Å². The average molecular weight is 1840 g/mol. The number of aryl methyl sites for hydroxylation is 8. The highest BCUT2D eigenvalue weighted by Gasteiger charge is 2.86. The summed E-state index contributed by atoms with van der Waals surface area (Å²) in [5.41, 5.74) is 16.1. The molecule has 8 rings (SSSR count). The molecule has 0 aliphatic heterocycles. The Labute approximate surface area is 638 Å². The van der Waals surface area contributed by atoms with Crippen LogP contribution in [0.2, 0.25) is 0 Å². The van der Waals surface area contributed by atoms with Gasteiger partial charge in [0.25, 0.3) is 0 Å². The molecule has 8 aromatic rings. The molecule has 0 aromatic heterocycles. The van der Waals surface area contributed by atoms with Crippen molar-refractivity contribution in [3.05, 3.63) is 244 Å². The van der Waals surface area contributed by atoms with Crippen molar-refractivity contribution in [1.82, 2.24) is 0 Å². The summed E-state index contributed by atoms with van der Waals surface area (Å²) < 4.78 is 409. The van der Waals surface area contributed by atoms with Crippen LogP contribution in [0.3, 0.4) is 0 Å². The van der Waals surface area contributed by atoms with Crippen LogP contribution < -0.4 is 21.2 Å². The number of alkyl halides is 27. The van der Waals surface area contributed by atoms with Crippen LogP contribution in [0.4, 0.5) is 119 Å². The Kier molecular flexibility index (Phi) is 29.1. The second kappa shape index (κ2) is 34.1. The number of rotatable bonds is 21. The van der Waals surface area contributed by atoms with Crippen LogP contribution in [0.5, 0.6) is 0 Å². The summed E-state index contributed by atoms with van der Waals surface area (Å²) in [6.07, 6.45) is -19.6. The molecule has 0 bridgehead atoms. The molecular formula is C70H56F27IO9S5. The van der Waals surface area contributed by atoms with E-state index in [1.54, 1.807) is 0 Å². The van der Waals surface area contributed by atoms with Gasteiger partial charge in [-0.1, -0.05) is 119 Å². The molecule has 42 heteroatoms. The SMILES string of the molecule is Cc1ccc([S+](c2ccc(Cc3ccc([I+]c4ccc(Cc5ccc([S+](c6ccc(C)cc6C)c6ccc(C)cc6C)cc5)cc4)cc3)cc2)c2ccc(C)cc2C)c(C)c1.O=S(=O)([O-])C(F)(F)C(F)(F)C(F)(F)C(F)(F)F.O=S(=O)([O-])C(F)(F)C(F)(F)C(F)(F)C(F)(F)F.O=S(=O)([O-])C(F)(F)C(F)(F)C(F)(F)C(F)(F)F. The van der Waals surface area contributed by atoms with Crippen LogP contribution in [-0.4, -0.2) is 109 Å². The van der Waals surface area contributed by atoms with Crippen molar-refractivity contribution in [2.24, 2.45) is 0 Å². The van der Waals surface area contributed by atoms with E-state index in [0.29, 0.717) is 0 Å². The van der Waals surface area contributed by atoms with Crippen molar-refractivity contribution in [2.45, 2.75) is 167 Å². The summed E-state index contributed by atoms with van der Waals surface area (Å²) in [7, 11) is -22.6. The van der Waals surface area contributed by atoms with Gasteiger partial charge >= 0.3 is 91.0 Å². The van der Waals surface area contributed by atoms with Crippen LogP contribution in [-0.2, 0) is 65.0 Å². The van der Waals surface area contributed by atoms with Gasteiger partial charge in [0.05, 0.1) is 21.8 Å². The van der Waals surface area contributed by atoms with E-state index in [1.807, 2.05) is 0 Å². The largest absolute Gasteiger partial charge is 0.743 e. The molecule has 0 spiro atoms. The van der Waals surface area contributed by atoms with Gasteiger partial charge in [-0.2, -0.15) is 119 Å². The molecule has 0 radical (unpaired) electrons. The van der Waals surface area contributed by atoms with Crippen molar-refractivity contribution in [1.29, 1.82) is 0 Å². The predicted molar refractivity (Wildman–Crippen MR) is 349 cm³/mol. The summed E-state index contributed by atoms with van der Waals surface area (Å²) in [5, 5.41) is -21.3. The lowest BCUT2D eigenvalue weighted by Gasteiger charge is -2.34. The van der Waals surface area contributed by atoms with Crippen molar-refractivity contribution < 1.29 is 179 Å². The van der Waals surface area contributed by atoms with E-state index in [-0.39, 0.29) is 43.0 Å². The molecule has 9 nitrogen and oxygen atoms in total. The number of hydrogen-bond acceptors (Lipinski definition) is 9. The Bertz CT molecular complexity index is 4500. The molecule has 0 saturated heterocycles. The molecule has 0 atom stereocenters. The fourth-order valence-electron chi connectivity index (χ4n) is 9.83. The van der Waals surface area contributed by atoms with Crippen LogP contribution >= 0.6 is 0 Å². The molecule has 8 aromatic carbocycles. The van der Waals surface area contributed by atoms with E-state index in [1.165, 1.54) is 103 Å². The van der Waals surface area contributed by atoms with E-state index in [4.69, 9.17) is 0 Å². The molecule has 0 aliphatic rings. The Balaban J connectivity index is 0.000000355. The van der Waals surface area contributed by atoms with Gasteiger partial charge in [0.1, 0.15) is 0 Å². The molecule has 0 heterocycles. The van der Waals surface area contributed by atoms with Gasteiger partial charge < -0.3 is 13.7 Å². The highest BCUT2D eigenvalue weighted by molar-refractivity contribution is 7.97.